The summed E-state index contributed by atoms with van der Waals surface area (Å²) in [5.74, 6) is -1.04. The highest BCUT2D eigenvalue weighted by atomic mass is 16.4. The largest absolute Gasteiger partial charge is 0.411 e. The Kier molecular flexibility index (Phi) is 4.62. The molecule has 1 unspecified atom stereocenters. The van der Waals surface area contributed by atoms with Crippen molar-refractivity contribution in [2.45, 2.75) is 19.8 Å². The van der Waals surface area contributed by atoms with E-state index in [4.69, 9.17) is 5.21 Å². The van der Waals surface area contributed by atoms with Crippen LogP contribution in [0.1, 0.15) is 19.8 Å². The van der Waals surface area contributed by atoms with Crippen molar-refractivity contribution < 1.29 is 19.6 Å². The van der Waals surface area contributed by atoms with Crippen LogP contribution in [0.5, 0.6) is 0 Å². The molecule has 1 heterocycles. The lowest BCUT2D eigenvalue weighted by Crippen LogP contribution is -2.35. The molecule has 0 bridgehead atoms. The molecule has 1 atom stereocenters. The maximum atomic E-state index is 11.5. The first-order valence-corrected chi connectivity index (χ1v) is 5.33. The Hall–Kier alpha value is -1.92. The Morgan fingerprint density at radius 1 is 1.65 bits per heavy atom. The summed E-state index contributed by atoms with van der Waals surface area (Å²) in [6.45, 7) is 1.91. The molecule has 2 N–H and O–H groups in total. The molecule has 0 spiro atoms. The van der Waals surface area contributed by atoms with E-state index in [-0.39, 0.29) is 49.6 Å². The van der Waals surface area contributed by atoms with Crippen LogP contribution in [0.3, 0.4) is 0 Å². The van der Waals surface area contributed by atoms with Crippen LogP contribution in [-0.2, 0) is 14.4 Å². The molecular weight excluding hydrogens is 226 g/mol. The Bertz CT molecular complexity index is 353. The molecule has 7 heteroatoms. The monoisotopic (exact) mass is 241 g/mol. The Morgan fingerprint density at radius 2 is 2.35 bits per heavy atom. The lowest BCUT2D eigenvalue weighted by atomic mass is 10.1. The highest BCUT2D eigenvalue weighted by molar-refractivity contribution is 6.03. The smallest absolute Gasteiger partial charge is 0.232 e. The minimum absolute atomic E-state index is 0.0590. The van der Waals surface area contributed by atoms with E-state index in [1.165, 1.54) is 0 Å². The molecule has 0 aromatic heterocycles. The maximum absolute atomic E-state index is 11.5. The fourth-order valence-corrected chi connectivity index (χ4v) is 1.59. The molecule has 0 radical (unpaired) electrons. The van der Waals surface area contributed by atoms with Gasteiger partial charge in [0.25, 0.3) is 0 Å². The molecule has 7 nitrogen and oxygen atoms in total. The minimum atomic E-state index is -0.301. The lowest BCUT2D eigenvalue weighted by molar-refractivity contribution is -0.139. The molecule has 0 aliphatic carbocycles. The van der Waals surface area contributed by atoms with Crippen LogP contribution >= 0.6 is 0 Å². The van der Waals surface area contributed by atoms with Gasteiger partial charge in [0.05, 0.1) is 12.8 Å². The van der Waals surface area contributed by atoms with Gasteiger partial charge in [0, 0.05) is 25.3 Å². The lowest BCUT2D eigenvalue weighted by Gasteiger charge is -2.13. The number of nitrogens with zero attached hydrogens (tertiary/aromatic N) is 2. The number of carbonyl (C=O) groups is 3. The number of hydrogen-bond acceptors (Lipinski definition) is 5. The van der Waals surface area contributed by atoms with E-state index < -0.39 is 0 Å². The average molecular weight is 241 g/mol. The van der Waals surface area contributed by atoms with Crippen molar-refractivity contribution in [1.82, 2.24) is 10.2 Å². The zero-order chi connectivity index (χ0) is 12.8. The number of rotatable bonds is 5. The van der Waals surface area contributed by atoms with E-state index in [0.29, 0.717) is 0 Å². The van der Waals surface area contributed by atoms with Gasteiger partial charge in [-0.2, -0.15) is 0 Å². The Labute approximate surface area is 98.5 Å². The first-order valence-electron chi connectivity index (χ1n) is 5.33. The van der Waals surface area contributed by atoms with Crippen LogP contribution in [0.25, 0.3) is 0 Å². The van der Waals surface area contributed by atoms with Crippen LogP contribution in [-0.4, -0.2) is 47.1 Å². The summed E-state index contributed by atoms with van der Waals surface area (Å²) in [4.78, 5) is 35.3. The van der Waals surface area contributed by atoms with Gasteiger partial charge in [-0.05, 0) is 0 Å². The first kappa shape index (κ1) is 13.1. The molecule has 94 valence electrons. The number of oxime groups is 1. The standard InChI is InChI=1S/C10H15N3O4/c1-7-6-9(15)13(10(7)16)5-2-8(14)11-3-4-12-17/h4,7,17H,2-3,5-6H2,1H3,(H,11,14)/b12-4+. The van der Waals surface area contributed by atoms with Gasteiger partial charge in [-0.1, -0.05) is 6.92 Å². The van der Waals surface area contributed by atoms with E-state index in [0.717, 1.165) is 11.1 Å². The van der Waals surface area contributed by atoms with Crippen LogP contribution in [0.4, 0.5) is 0 Å². The van der Waals surface area contributed by atoms with Gasteiger partial charge >= 0.3 is 0 Å². The van der Waals surface area contributed by atoms with Crippen LogP contribution in [0.2, 0.25) is 0 Å². The van der Waals surface area contributed by atoms with Gasteiger partial charge in [0.1, 0.15) is 0 Å². The highest BCUT2D eigenvalue weighted by Crippen LogP contribution is 2.18. The first-order chi connectivity index (χ1) is 8.06. The van der Waals surface area contributed by atoms with Crippen molar-refractivity contribution in [3.63, 3.8) is 0 Å². The topological polar surface area (TPSA) is 99.1 Å². The van der Waals surface area contributed by atoms with E-state index in [2.05, 4.69) is 10.5 Å². The molecule has 3 amide bonds. The molecule has 1 aliphatic rings. The van der Waals surface area contributed by atoms with Gasteiger partial charge < -0.3 is 10.5 Å². The van der Waals surface area contributed by atoms with Gasteiger partial charge in [-0.15, -0.1) is 5.16 Å². The number of nitrogens with one attached hydrogen (secondary N) is 1. The zero-order valence-electron chi connectivity index (χ0n) is 9.55. The summed E-state index contributed by atoms with van der Waals surface area (Å²) < 4.78 is 0. The van der Waals surface area contributed by atoms with Crippen molar-refractivity contribution in [3.8, 4) is 0 Å². The SMILES string of the molecule is CC1CC(=O)N(CCC(=O)NC/C=N/O)C1=O. The summed E-state index contributed by atoms with van der Waals surface area (Å²) in [5.41, 5.74) is 0. The molecule has 1 rings (SSSR count). The van der Waals surface area contributed by atoms with Gasteiger partial charge in [-0.3, -0.25) is 19.3 Å². The second-order valence-corrected chi connectivity index (χ2v) is 3.84. The zero-order valence-corrected chi connectivity index (χ0v) is 9.55. The van der Waals surface area contributed by atoms with E-state index in [1.54, 1.807) is 6.92 Å². The van der Waals surface area contributed by atoms with E-state index in [9.17, 15) is 14.4 Å². The van der Waals surface area contributed by atoms with Gasteiger partial charge in [-0.25, -0.2) is 0 Å². The van der Waals surface area contributed by atoms with Crippen molar-refractivity contribution in [2.24, 2.45) is 11.1 Å². The third kappa shape index (κ3) is 3.54. The fourth-order valence-electron chi connectivity index (χ4n) is 1.59. The van der Waals surface area contributed by atoms with E-state index in [1.807, 2.05) is 0 Å². The fraction of sp³-hybridized carbons (Fsp3) is 0.600. The predicted molar refractivity (Wildman–Crippen MR) is 58.4 cm³/mol. The van der Waals surface area contributed by atoms with Crippen molar-refractivity contribution in [2.75, 3.05) is 13.1 Å². The average Bonchev–Trinajstić information content (AvgIpc) is 2.51. The summed E-state index contributed by atoms with van der Waals surface area (Å²) in [5, 5.41) is 13.3. The highest BCUT2D eigenvalue weighted by Gasteiger charge is 2.35. The molecule has 0 aromatic carbocycles. The van der Waals surface area contributed by atoms with Crippen LogP contribution < -0.4 is 5.32 Å². The molecular formula is C10H15N3O4. The normalized spacial score (nSPS) is 20.3. The molecule has 0 saturated carbocycles. The molecule has 1 aliphatic heterocycles. The number of hydrogen-bond donors (Lipinski definition) is 2. The molecule has 1 saturated heterocycles. The molecule has 0 aromatic rings. The summed E-state index contributed by atoms with van der Waals surface area (Å²) in [6.07, 6.45) is 1.41. The van der Waals surface area contributed by atoms with Crippen molar-refractivity contribution in [1.29, 1.82) is 0 Å². The second-order valence-electron chi connectivity index (χ2n) is 3.84. The van der Waals surface area contributed by atoms with Crippen LogP contribution in [0, 0.1) is 5.92 Å². The summed E-state index contributed by atoms with van der Waals surface area (Å²) >= 11 is 0. The number of amides is 3. The predicted octanol–water partition coefficient (Wildman–Crippen LogP) is -0.652. The van der Waals surface area contributed by atoms with E-state index >= 15 is 0 Å². The third-order valence-electron chi connectivity index (χ3n) is 2.50. The Balaban J connectivity index is 2.33. The number of likely N-dealkylation sites (tertiary alicyclic amines) is 1. The molecule has 17 heavy (non-hydrogen) atoms. The maximum Gasteiger partial charge on any atom is 0.232 e. The van der Waals surface area contributed by atoms with Gasteiger partial charge in [0.2, 0.25) is 17.7 Å². The van der Waals surface area contributed by atoms with Gasteiger partial charge in [0.15, 0.2) is 0 Å². The third-order valence-corrected chi connectivity index (χ3v) is 2.50. The minimum Gasteiger partial charge on any atom is -0.411 e. The van der Waals surface area contributed by atoms with Crippen molar-refractivity contribution >= 4 is 23.9 Å². The second kappa shape index (κ2) is 5.97. The number of carbonyl (C=O) groups excluding carboxylic acids is 3. The quantitative estimate of drug-likeness (QED) is 0.289. The Morgan fingerprint density at radius 3 is 2.88 bits per heavy atom. The summed E-state index contributed by atoms with van der Waals surface area (Å²) in [7, 11) is 0. The number of imide groups is 1. The van der Waals surface area contributed by atoms with Crippen molar-refractivity contribution in [3.05, 3.63) is 0 Å². The molecule has 1 fully saturated rings. The summed E-state index contributed by atoms with van der Waals surface area (Å²) in [6, 6.07) is 0. The van der Waals surface area contributed by atoms with Crippen LogP contribution in [0.15, 0.2) is 5.16 Å².